The molecule has 3 aromatic rings. The number of aromatic nitrogens is 2. The van der Waals surface area contributed by atoms with E-state index in [0.717, 1.165) is 11.8 Å². The fourth-order valence-electron chi connectivity index (χ4n) is 2.10. The van der Waals surface area contributed by atoms with Gasteiger partial charge in [-0.2, -0.15) is 0 Å². The van der Waals surface area contributed by atoms with Gasteiger partial charge in [0.15, 0.2) is 0 Å². The van der Waals surface area contributed by atoms with Crippen LogP contribution in [0.15, 0.2) is 61.5 Å². The van der Waals surface area contributed by atoms with Crippen LogP contribution < -0.4 is 4.74 Å². The minimum Gasteiger partial charge on any atom is -0.497 e. The van der Waals surface area contributed by atoms with Crippen LogP contribution in [0, 0.1) is 5.82 Å². The summed E-state index contributed by atoms with van der Waals surface area (Å²) in [7, 11) is 1.56. The van der Waals surface area contributed by atoms with Crippen LogP contribution >= 0.6 is 27.7 Å². The molecule has 0 radical (unpaired) electrons. The van der Waals surface area contributed by atoms with E-state index in [1.54, 1.807) is 31.4 Å². The molecule has 1 N–H and O–H groups in total. The van der Waals surface area contributed by atoms with Crippen molar-refractivity contribution in [2.45, 2.75) is 5.22 Å². The number of halogens is 2. The van der Waals surface area contributed by atoms with Crippen molar-refractivity contribution in [2.75, 3.05) is 7.11 Å². The van der Waals surface area contributed by atoms with Crippen LogP contribution in [0.25, 0.3) is 17.5 Å². The van der Waals surface area contributed by atoms with E-state index in [4.69, 9.17) is 9.15 Å². The standard InChI is InChI=1S/C18H12BrFN2O4S/c1-25-13-5-2-10(3-6-13)16-21-22-18(26-16)27-15(17(23)24)9-11-8-12(19)4-7-14(11)20/h2-9H,1H3,(H,23,24)/b15-9-. The number of benzene rings is 2. The maximum Gasteiger partial charge on any atom is 0.342 e. The lowest BCUT2D eigenvalue weighted by Gasteiger charge is -2.01. The maximum absolute atomic E-state index is 13.9. The van der Waals surface area contributed by atoms with Gasteiger partial charge in [-0.15, -0.1) is 10.2 Å². The van der Waals surface area contributed by atoms with Crippen molar-refractivity contribution in [3.8, 4) is 17.2 Å². The minimum absolute atomic E-state index is 0.0323. The van der Waals surface area contributed by atoms with E-state index in [9.17, 15) is 14.3 Å². The van der Waals surface area contributed by atoms with E-state index in [2.05, 4.69) is 26.1 Å². The third kappa shape index (κ3) is 4.75. The monoisotopic (exact) mass is 450 g/mol. The van der Waals surface area contributed by atoms with Gasteiger partial charge in [-0.25, -0.2) is 9.18 Å². The van der Waals surface area contributed by atoms with Crippen LogP contribution in [0.1, 0.15) is 5.56 Å². The Bertz CT molecular complexity index is 1000. The van der Waals surface area contributed by atoms with Crippen LogP contribution in [0.5, 0.6) is 5.75 Å². The van der Waals surface area contributed by atoms with E-state index < -0.39 is 11.8 Å². The summed E-state index contributed by atoms with van der Waals surface area (Å²) in [6.45, 7) is 0. The molecule has 0 amide bonds. The lowest BCUT2D eigenvalue weighted by atomic mass is 10.2. The van der Waals surface area contributed by atoms with Gasteiger partial charge in [0.25, 0.3) is 5.22 Å². The highest BCUT2D eigenvalue weighted by Gasteiger charge is 2.17. The van der Waals surface area contributed by atoms with Gasteiger partial charge in [0.2, 0.25) is 5.89 Å². The highest BCUT2D eigenvalue weighted by molar-refractivity contribution is 9.10. The lowest BCUT2D eigenvalue weighted by molar-refractivity contribution is -0.131. The van der Waals surface area contributed by atoms with Crippen molar-refractivity contribution in [1.82, 2.24) is 10.2 Å². The van der Waals surface area contributed by atoms with Crippen molar-refractivity contribution in [1.29, 1.82) is 0 Å². The van der Waals surface area contributed by atoms with E-state index in [1.807, 2.05) is 0 Å². The molecule has 0 unspecified atom stereocenters. The number of methoxy groups -OCH3 is 1. The summed E-state index contributed by atoms with van der Waals surface area (Å²) in [5.41, 5.74) is 0.790. The Morgan fingerprint density at radius 2 is 2.00 bits per heavy atom. The molecule has 0 saturated carbocycles. The Morgan fingerprint density at radius 3 is 2.67 bits per heavy atom. The third-order valence-electron chi connectivity index (χ3n) is 3.40. The molecule has 3 rings (SSSR count). The Morgan fingerprint density at radius 1 is 1.26 bits per heavy atom. The first kappa shape index (κ1) is 19.1. The fraction of sp³-hybridized carbons (Fsp3) is 0.0556. The highest BCUT2D eigenvalue weighted by atomic mass is 79.9. The molecule has 0 atom stereocenters. The van der Waals surface area contributed by atoms with E-state index in [0.29, 0.717) is 15.8 Å². The number of carbonyl (C=O) groups is 1. The number of ether oxygens (including phenoxy) is 1. The summed E-state index contributed by atoms with van der Waals surface area (Å²) in [6.07, 6.45) is 1.21. The quantitative estimate of drug-likeness (QED) is 0.423. The van der Waals surface area contributed by atoms with Gasteiger partial charge in [-0.1, -0.05) is 15.9 Å². The Balaban J connectivity index is 1.85. The predicted octanol–water partition coefficient (Wildman–Crippen LogP) is 4.86. The zero-order chi connectivity index (χ0) is 19.4. The highest BCUT2D eigenvalue weighted by Crippen LogP contribution is 2.31. The van der Waals surface area contributed by atoms with Crippen LogP contribution in [0.4, 0.5) is 4.39 Å². The van der Waals surface area contributed by atoms with E-state index in [-0.39, 0.29) is 21.6 Å². The number of thioether (sulfide) groups is 1. The summed E-state index contributed by atoms with van der Waals surface area (Å²) < 4.78 is 25.1. The molecule has 2 aromatic carbocycles. The largest absolute Gasteiger partial charge is 0.497 e. The molecule has 0 aliphatic carbocycles. The summed E-state index contributed by atoms with van der Waals surface area (Å²) in [5.74, 6) is -0.857. The predicted molar refractivity (Wildman–Crippen MR) is 102 cm³/mol. The molecular weight excluding hydrogens is 439 g/mol. The average molecular weight is 451 g/mol. The molecule has 0 aliphatic rings. The SMILES string of the molecule is COc1ccc(-c2nnc(S/C(=C\c3cc(Br)ccc3F)C(=O)O)o2)cc1. The second kappa shape index (κ2) is 8.36. The van der Waals surface area contributed by atoms with Gasteiger partial charge in [0, 0.05) is 15.6 Å². The number of aliphatic carboxylic acids is 1. The van der Waals surface area contributed by atoms with Crippen molar-refractivity contribution in [3.05, 3.63) is 63.2 Å². The maximum atomic E-state index is 13.9. The van der Waals surface area contributed by atoms with Gasteiger partial charge in [-0.3, -0.25) is 0 Å². The lowest BCUT2D eigenvalue weighted by Crippen LogP contribution is -1.97. The van der Waals surface area contributed by atoms with Crippen molar-refractivity contribution in [3.63, 3.8) is 0 Å². The van der Waals surface area contributed by atoms with Gasteiger partial charge in [0.05, 0.1) is 7.11 Å². The second-order valence-electron chi connectivity index (χ2n) is 5.18. The first-order valence-electron chi connectivity index (χ1n) is 7.52. The normalized spacial score (nSPS) is 11.4. The molecule has 1 aromatic heterocycles. The number of carboxylic acid groups (broad SMARTS) is 1. The fourth-order valence-corrected chi connectivity index (χ4v) is 3.14. The molecule has 0 spiro atoms. The number of rotatable bonds is 6. The van der Waals surface area contributed by atoms with Gasteiger partial charge >= 0.3 is 5.97 Å². The van der Waals surface area contributed by atoms with Crippen LogP contribution in [-0.2, 0) is 4.79 Å². The van der Waals surface area contributed by atoms with E-state index >= 15 is 0 Å². The Hall–Kier alpha value is -2.65. The van der Waals surface area contributed by atoms with Gasteiger partial charge in [0.1, 0.15) is 16.5 Å². The molecule has 138 valence electrons. The zero-order valence-corrected chi connectivity index (χ0v) is 16.3. The molecule has 0 saturated heterocycles. The molecule has 0 aliphatic heterocycles. The molecule has 1 heterocycles. The van der Waals surface area contributed by atoms with Crippen molar-refractivity contribution < 1.29 is 23.4 Å². The van der Waals surface area contributed by atoms with Crippen LogP contribution in [0.2, 0.25) is 0 Å². The smallest absolute Gasteiger partial charge is 0.342 e. The van der Waals surface area contributed by atoms with Gasteiger partial charge in [-0.05, 0) is 60.3 Å². The van der Waals surface area contributed by atoms with E-state index in [1.165, 1.54) is 24.3 Å². The molecule has 6 nitrogen and oxygen atoms in total. The number of hydrogen-bond donors (Lipinski definition) is 1. The zero-order valence-electron chi connectivity index (χ0n) is 13.8. The topological polar surface area (TPSA) is 85.5 Å². The number of nitrogens with zero attached hydrogens (tertiary/aromatic N) is 2. The average Bonchev–Trinajstić information content (AvgIpc) is 3.12. The summed E-state index contributed by atoms with van der Waals surface area (Å²) in [4.78, 5) is 11.4. The summed E-state index contributed by atoms with van der Waals surface area (Å²) in [6, 6.07) is 11.2. The molecule has 0 bridgehead atoms. The Labute approximate surface area is 166 Å². The van der Waals surface area contributed by atoms with Crippen LogP contribution in [0.3, 0.4) is 0 Å². The second-order valence-corrected chi connectivity index (χ2v) is 7.09. The summed E-state index contributed by atoms with van der Waals surface area (Å²) >= 11 is 3.97. The van der Waals surface area contributed by atoms with Gasteiger partial charge < -0.3 is 14.3 Å². The minimum atomic E-state index is -1.23. The molecule has 27 heavy (non-hydrogen) atoms. The Kier molecular flexibility index (Phi) is 5.92. The number of carboxylic acids is 1. The summed E-state index contributed by atoms with van der Waals surface area (Å²) in [5, 5.41) is 17.2. The third-order valence-corrected chi connectivity index (χ3v) is 4.74. The van der Waals surface area contributed by atoms with Crippen molar-refractivity contribution >= 4 is 39.7 Å². The molecular formula is C18H12BrFN2O4S. The van der Waals surface area contributed by atoms with Crippen LogP contribution in [-0.4, -0.2) is 28.4 Å². The first-order valence-corrected chi connectivity index (χ1v) is 9.13. The molecule has 9 heteroatoms. The molecule has 0 fully saturated rings. The number of hydrogen-bond acceptors (Lipinski definition) is 6. The first-order chi connectivity index (χ1) is 13.0. The van der Waals surface area contributed by atoms with Crippen molar-refractivity contribution in [2.24, 2.45) is 0 Å².